The van der Waals surface area contributed by atoms with Crippen LogP contribution < -0.4 is 0 Å². The third kappa shape index (κ3) is 2.28. The summed E-state index contributed by atoms with van der Waals surface area (Å²) in [5.74, 6) is 0.885. The molecule has 0 aromatic carbocycles. The minimum atomic E-state index is 0.189. The lowest BCUT2D eigenvalue weighted by atomic mass is 9.79. The molecule has 1 fully saturated rings. The summed E-state index contributed by atoms with van der Waals surface area (Å²) in [7, 11) is 0. The summed E-state index contributed by atoms with van der Waals surface area (Å²) in [4.78, 5) is 13.8. The largest absolute Gasteiger partial charge is 0.339 e. The minimum absolute atomic E-state index is 0.189. The standard InChI is InChI=1S/C12H23NO/c1-9(2)11(12(3,4)5)13-8-6-7-10(13)14/h9,11H,6-8H2,1-5H3. The molecule has 0 N–H and O–H groups in total. The predicted molar refractivity (Wildman–Crippen MR) is 59.0 cm³/mol. The van der Waals surface area contributed by atoms with E-state index < -0.39 is 0 Å². The third-order valence-electron chi connectivity index (χ3n) is 2.96. The van der Waals surface area contributed by atoms with Gasteiger partial charge in [-0.25, -0.2) is 0 Å². The molecule has 0 saturated carbocycles. The molecule has 2 nitrogen and oxygen atoms in total. The fourth-order valence-corrected chi connectivity index (χ4v) is 2.79. The van der Waals surface area contributed by atoms with E-state index in [4.69, 9.17) is 0 Å². The van der Waals surface area contributed by atoms with Gasteiger partial charge in [0.05, 0.1) is 0 Å². The molecule has 0 aromatic heterocycles. The predicted octanol–water partition coefficient (Wildman–Crippen LogP) is 2.68. The van der Waals surface area contributed by atoms with Crippen LogP contribution in [0.1, 0.15) is 47.5 Å². The zero-order valence-electron chi connectivity index (χ0n) is 10.1. The zero-order valence-corrected chi connectivity index (χ0v) is 10.1. The van der Waals surface area contributed by atoms with Crippen LogP contribution in [0.5, 0.6) is 0 Å². The Hall–Kier alpha value is -0.530. The van der Waals surface area contributed by atoms with Crippen molar-refractivity contribution in [2.24, 2.45) is 11.3 Å². The van der Waals surface area contributed by atoms with E-state index in [2.05, 4.69) is 39.5 Å². The number of carbonyl (C=O) groups is 1. The van der Waals surface area contributed by atoms with Crippen LogP contribution >= 0.6 is 0 Å². The molecule has 14 heavy (non-hydrogen) atoms. The number of likely N-dealkylation sites (tertiary alicyclic amines) is 1. The second kappa shape index (κ2) is 3.92. The first-order valence-electron chi connectivity index (χ1n) is 5.63. The van der Waals surface area contributed by atoms with Gasteiger partial charge in [-0.15, -0.1) is 0 Å². The third-order valence-corrected chi connectivity index (χ3v) is 2.96. The second-order valence-electron chi connectivity index (χ2n) is 5.75. The van der Waals surface area contributed by atoms with Gasteiger partial charge in [-0.1, -0.05) is 34.6 Å². The van der Waals surface area contributed by atoms with Crippen LogP contribution in [-0.4, -0.2) is 23.4 Å². The van der Waals surface area contributed by atoms with Gasteiger partial charge >= 0.3 is 0 Å². The molecule has 1 aliphatic heterocycles. The lowest BCUT2D eigenvalue weighted by Gasteiger charge is -2.40. The smallest absolute Gasteiger partial charge is 0.222 e. The van der Waals surface area contributed by atoms with Crippen molar-refractivity contribution in [3.8, 4) is 0 Å². The van der Waals surface area contributed by atoms with Crippen LogP contribution in [0.4, 0.5) is 0 Å². The van der Waals surface area contributed by atoms with E-state index in [0.29, 0.717) is 17.9 Å². The highest BCUT2D eigenvalue weighted by atomic mass is 16.2. The minimum Gasteiger partial charge on any atom is -0.339 e. The van der Waals surface area contributed by atoms with E-state index in [-0.39, 0.29) is 5.41 Å². The molecule has 2 heteroatoms. The summed E-state index contributed by atoms with van der Waals surface area (Å²) in [6.45, 7) is 12.1. The van der Waals surface area contributed by atoms with Crippen molar-refractivity contribution in [3.05, 3.63) is 0 Å². The molecule has 82 valence electrons. The molecule has 1 unspecified atom stereocenters. The number of carbonyl (C=O) groups excluding carboxylic acids is 1. The van der Waals surface area contributed by atoms with Crippen molar-refractivity contribution in [2.45, 2.75) is 53.5 Å². The summed E-state index contributed by atoms with van der Waals surface area (Å²) in [5.41, 5.74) is 0.189. The maximum atomic E-state index is 11.7. The van der Waals surface area contributed by atoms with E-state index >= 15 is 0 Å². The molecule has 0 bridgehead atoms. The van der Waals surface area contributed by atoms with Crippen molar-refractivity contribution >= 4 is 5.91 Å². The molecule has 0 radical (unpaired) electrons. The molecule has 0 spiro atoms. The second-order valence-corrected chi connectivity index (χ2v) is 5.75. The SMILES string of the molecule is CC(C)C(N1CCCC1=O)C(C)(C)C. The molecular weight excluding hydrogens is 174 g/mol. The Bertz CT molecular complexity index is 215. The molecule has 1 aliphatic rings. The van der Waals surface area contributed by atoms with Crippen LogP contribution in [0, 0.1) is 11.3 Å². The number of rotatable bonds is 2. The molecule has 0 aliphatic carbocycles. The van der Waals surface area contributed by atoms with E-state index in [1.54, 1.807) is 0 Å². The van der Waals surface area contributed by atoms with Gasteiger partial charge in [-0.05, 0) is 17.8 Å². The fraction of sp³-hybridized carbons (Fsp3) is 0.917. The van der Waals surface area contributed by atoms with Crippen molar-refractivity contribution in [3.63, 3.8) is 0 Å². The van der Waals surface area contributed by atoms with Crippen molar-refractivity contribution in [1.29, 1.82) is 0 Å². The van der Waals surface area contributed by atoms with Gasteiger partial charge in [-0.3, -0.25) is 4.79 Å². The molecule has 0 aromatic rings. The van der Waals surface area contributed by atoms with E-state index in [0.717, 1.165) is 19.4 Å². The van der Waals surface area contributed by atoms with Gasteiger partial charge in [0.25, 0.3) is 0 Å². The summed E-state index contributed by atoms with van der Waals surface area (Å²) >= 11 is 0. The monoisotopic (exact) mass is 197 g/mol. The first-order valence-corrected chi connectivity index (χ1v) is 5.63. The Labute approximate surface area is 87.7 Å². The topological polar surface area (TPSA) is 20.3 Å². The average Bonchev–Trinajstić information content (AvgIpc) is 2.32. The average molecular weight is 197 g/mol. The molecule has 1 amide bonds. The van der Waals surface area contributed by atoms with Crippen molar-refractivity contribution < 1.29 is 4.79 Å². The van der Waals surface area contributed by atoms with E-state index in [1.807, 2.05) is 0 Å². The van der Waals surface area contributed by atoms with Crippen molar-refractivity contribution in [2.75, 3.05) is 6.54 Å². The molecule has 1 heterocycles. The highest BCUT2D eigenvalue weighted by Crippen LogP contribution is 2.32. The van der Waals surface area contributed by atoms with Crippen LogP contribution in [0.2, 0.25) is 0 Å². The Morgan fingerprint density at radius 2 is 1.86 bits per heavy atom. The lowest BCUT2D eigenvalue weighted by Crippen LogP contribution is -2.47. The van der Waals surface area contributed by atoms with Gasteiger partial charge in [-0.2, -0.15) is 0 Å². The highest BCUT2D eigenvalue weighted by molar-refractivity contribution is 5.78. The molecular formula is C12H23NO. The Morgan fingerprint density at radius 1 is 1.29 bits per heavy atom. The number of hydrogen-bond donors (Lipinski definition) is 0. The Balaban J connectivity index is 2.83. The maximum Gasteiger partial charge on any atom is 0.222 e. The van der Waals surface area contributed by atoms with Gasteiger partial charge in [0.2, 0.25) is 5.91 Å². The lowest BCUT2D eigenvalue weighted by molar-refractivity contribution is -0.133. The van der Waals surface area contributed by atoms with Gasteiger partial charge in [0.1, 0.15) is 0 Å². The van der Waals surface area contributed by atoms with E-state index in [9.17, 15) is 4.79 Å². The quantitative estimate of drug-likeness (QED) is 0.666. The first-order chi connectivity index (χ1) is 6.34. The summed E-state index contributed by atoms with van der Waals surface area (Å²) in [6.07, 6.45) is 1.79. The number of hydrogen-bond acceptors (Lipinski definition) is 1. The molecule has 1 atom stereocenters. The van der Waals surface area contributed by atoms with E-state index in [1.165, 1.54) is 0 Å². The van der Waals surface area contributed by atoms with Gasteiger partial charge < -0.3 is 4.90 Å². The highest BCUT2D eigenvalue weighted by Gasteiger charge is 2.37. The zero-order chi connectivity index (χ0) is 10.9. The van der Waals surface area contributed by atoms with Gasteiger partial charge in [0.15, 0.2) is 0 Å². The normalized spacial score (nSPS) is 20.7. The number of amides is 1. The van der Waals surface area contributed by atoms with Crippen LogP contribution in [0.25, 0.3) is 0 Å². The Morgan fingerprint density at radius 3 is 2.14 bits per heavy atom. The van der Waals surface area contributed by atoms with Crippen molar-refractivity contribution in [1.82, 2.24) is 4.90 Å². The van der Waals surface area contributed by atoms with Crippen LogP contribution in [0.3, 0.4) is 0 Å². The Kier molecular flexibility index (Phi) is 3.23. The summed E-state index contributed by atoms with van der Waals surface area (Å²) in [6, 6.07) is 0.387. The van der Waals surface area contributed by atoms with Crippen LogP contribution in [0.15, 0.2) is 0 Å². The molecule has 1 saturated heterocycles. The van der Waals surface area contributed by atoms with Gasteiger partial charge in [0, 0.05) is 19.0 Å². The summed E-state index contributed by atoms with van der Waals surface area (Å²) < 4.78 is 0. The first kappa shape index (κ1) is 11.5. The summed E-state index contributed by atoms with van der Waals surface area (Å²) in [5, 5.41) is 0. The number of nitrogens with zero attached hydrogens (tertiary/aromatic N) is 1. The fourth-order valence-electron chi connectivity index (χ4n) is 2.79. The van der Waals surface area contributed by atoms with Crippen LogP contribution in [-0.2, 0) is 4.79 Å². The maximum absolute atomic E-state index is 11.7. The molecule has 1 rings (SSSR count).